The fourth-order valence-electron chi connectivity index (χ4n) is 4.34. The molecule has 5 rings (SSSR count). The normalized spacial score (nSPS) is 16.6. The smallest absolute Gasteiger partial charge is 0.230 e. The molecule has 1 N–H and O–H groups in total. The topological polar surface area (TPSA) is 56.9 Å². The monoisotopic (exact) mass is 467 g/mol. The van der Waals surface area contributed by atoms with Gasteiger partial charge in [-0.2, -0.15) is 4.52 Å². The Labute approximate surface area is 196 Å². The average Bonchev–Trinajstić information content (AvgIpc) is 3.35. The van der Waals surface area contributed by atoms with Crippen molar-refractivity contribution in [2.45, 2.75) is 25.9 Å². The van der Waals surface area contributed by atoms with E-state index in [9.17, 15) is 5.11 Å². The summed E-state index contributed by atoms with van der Waals surface area (Å²) in [5.41, 5.74) is 2.41. The maximum absolute atomic E-state index is 11.1. The number of fused-ring (bicyclic) bond motifs is 1. The van der Waals surface area contributed by atoms with Crippen molar-refractivity contribution in [3.8, 4) is 5.88 Å². The SMILES string of the molecule is CCc1nc2sc([C@@H](c3cccc(Cl)c3)N3CCN(Cc4ccccc4)CC3)c(O)n2n1. The zero-order chi connectivity index (χ0) is 22.1. The molecule has 0 unspecified atom stereocenters. The summed E-state index contributed by atoms with van der Waals surface area (Å²) < 4.78 is 1.57. The van der Waals surface area contributed by atoms with Gasteiger partial charge in [-0.05, 0) is 23.3 Å². The largest absolute Gasteiger partial charge is 0.492 e. The number of thiazole rings is 1. The molecule has 0 saturated carbocycles. The predicted octanol–water partition coefficient (Wildman–Crippen LogP) is 4.62. The van der Waals surface area contributed by atoms with E-state index < -0.39 is 0 Å². The minimum Gasteiger partial charge on any atom is -0.492 e. The zero-order valence-electron chi connectivity index (χ0n) is 18.0. The quantitative estimate of drug-likeness (QED) is 0.448. The maximum Gasteiger partial charge on any atom is 0.230 e. The molecular formula is C24H26ClN5OS. The molecule has 1 atom stereocenters. The molecule has 3 heterocycles. The van der Waals surface area contributed by atoms with Gasteiger partial charge in [0.05, 0.1) is 10.9 Å². The Hall–Kier alpha value is -2.45. The fourth-order valence-corrected chi connectivity index (χ4v) is 5.68. The van der Waals surface area contributed by atoms with Crippen LogP contribution >= 0.6 is 22.9 Å². The summed E-state index contributed by atoms with van der Waals surface area (Å²) in [7, 11) is 0. The van der Waals surface area contributed by atoms with Crippen LogP contribution in [0.15, 0.2) is 54.6 Å². The van der Waals surface area contributed by atoms with E-state index in [1.807, 2.05) is 25.1 Å². The zero-order valence-corrected chi connectivity index (χ0v) is 19.6. The molecule has 1 aliphatic rings. The van der Waals surface area contributed by atoms with Crippen molar-refractivity contribution in [1.29, 1.82) is 0 Å². The van der Waals surface area contributed by atoms with Crippen LogP contribution in [0.25, 0.3) is 4.96 Å². The van der Waals surface area contributed by atoms with Crippen molar-refractivity contribution in [3.63, 3.8) is 0 Å². The highest BCUT2D eigenvalue weighted by atomic mass is 35.5. The van der Waals surface area contributed by atoms with Gasteiger partial charge < -0.3 is 5.11 Å². The number of rotatable bonds is 6. The first kappa shape index (κ1) is 21.4. The Morgan fingerprint density at radius 2 is 1.84 bits per heavy atom. The first-order chi connectivity index (χ1) is 15.6. The van der Waals surface area contributed by atoms with Gasteiger partial charge in [0, 0.05) is 44.2 Å². The van der Waals surface area contributed by atoms with Crippen molar-refractivity contribution in [1.82, 2.24) is 24.4 Å². The van der Waals surface area contributed by atoms with E-state index in [2.05, 4.69) is 56.3 Å². The van der Waals surface area contributed by atoms with Gasteiger partial charge in [0.2, 0.25) is 10.8 Å². The lowest BCUT2D eigenvalue weighted by molar-refractivity contribution is 0.105. The van der Waals surface area contributed by atoms with Gasteiger partial charge in [0.15, 0.2) is 5.82 Å². The van der Waals surface area contributed by atoms with Gasteiger partial charge in [-0.25, -0.2) is 4.98 Å². The molecule has 1 fully saturated rings. The van der Waals surface area contributed by atoms with Gasteiger partial charge in [0.1, 0.15) is 0 Å². The van der Waals surface area contributed by atoms with Crippen LogP contribution in [0.1, 0.15) is 34.8 Å². The number of hydrogen-bond acceptors (Lipinski definition) is 6. The molecule has 1 saturated heterocycles. The molecule has 6 nitrogen and oxygen atoms in total. The first-order valence-corrected chi connectivity index (χ1v) is 12.1. The molecule has 0 radical (unpaired) electrons. The third-order valence-electron chi connectivity index (χ3n) is 5.99. The van der Waals surface area contributed by atoms with Gasteiger partial charge in [-0.1, -0.05) is 72.3 Å². The number of aryl methyl sites for hydroxylation is 1. The summed E-state index contributed by atoms with van der Waals surface area (Å²) in [4.78, 5) is 11.1. The number of halogens is 1. The summed E-state index contributed by atoms with van der Waals surface area (Å²) in [5.74, 6) is 0.917. The standard InChI is InChI=1S/C24H26ClN5OS/c1-2-20-26-24-30(27-20)23(31)22(32-24)21(18-9-6-10-19(25)15-18)29-13-11-28(12-14-29)16-17-7-4-3-5-8-17/h3-10,15,21,31H,2,11-14,16H2,1H3/t21-/m1/s1. The second kappa shape index (κ2) is 9.19. The third-order valence-corrected chi connectivity index (χ3v) is 7.30. The molecule has 2 aromatic carbocycles. The summed E-state index contributed by atoms with van der Waals surface area (Å²) in [6, 6.07) is 18.4. The van der Waals surface area contributed by atoms with Crippen LogP contribution in [0.3, 0.4) is 0 Å². The molecule has 1 aliphatic heterocycles. The minimum atomic E-state index is -0.0915. The van der Waals surface area contributed by atoms with Crippen molar-refractivity contribution in [3.05, 3.63) is 81.4 Å². The first-order valence-electron chi connectivity index (χ1n) is 11.0. The lowest BCUT2D eigenvalue weighted by atomic mass is 10.0. The van der Waals surface area contributed by atoms with E-state index >= 15 is 0 Å². The molecule has 0 bridgehead atoms. The minimum absolute atomic E-state index is 0.0915. The lowest BCUT2D eigenvalue weighted by Gasteiger charge is -2.39. The third kappa shape index (κ3) is 4.26. The molecular weight excluding hydrogens is 442 g/mol. The maximum atomic E-state index is 11.1. The number of aromatic hydroxyl groups is 1. The average molecular weight is 468 g/mol. The molecule has 166 valence electrons. The number of nitrogens with zero attached hydrogens (tertiary/aromatic N) is 5. The van der Waals surface area contributed by atoms with Crippen LogP contribution in [0.4, 0.5) is 0 Å². The number of hydrogen-bond donors (Lipinski definition) is 1. The van der Waals surface area contributed by atoms with E-state index in [0.29, 0.717) is 5.02 Å². The van der Waals surface area contributed by atoms with Gasteiger partial charge in [-0.15, -0.1) is 5.10 Å². The molecule has 0 spiro atoms. The Morgan fingerprint density at radius 3 is 2.53 bits per heavy atom. The highest BCUT2D eigenvalue weighted by Crippen LogP contribution is 2.40. The summed E-state index contributed by atoms with van der Waals surface area (Å²) in [6.45, 7) is 6.70. The second-order valence-electron chi connectivity index (χ2n) is 8.12. The summed E-state index contributed by atoms with van der Waals surface area (Å²) in [6.07, 6.45) is 0.740. The van der Waals surface area contributed by atoms with Gasteiger partial charge >= 0.3 is 0 Å². The highest BCUT2D eigenvalue weighted by molar-refractivity contribution is 7.17. The summed E-state index contributed by atoms with van der Waals surface area (Å²) >= 11 is 7.86. The van der Waals surface area contributed by atoms with E-state index in [1.54, 1.807) is 4.52 Å². The van der Waals surface area contributed by atoms with E-state index in [0.717, 1.165) is 60.4 Å². The van der Waals surface area contributed by atoms with Crippen LogP contribution in [0, 0.1) is 0 Å². The Bertz CT molecular complexity index is 1200. The Morgan fingerprint density at radius 1 is 1.06 bits per heavy atom. The number of piperazine rings is 1. The van der Waals surface area contributed by atoms with Crippen LogP contribution in [0.5, 0.6) is 5.88 Å². The van der Waals surface area contributed by atoms with E-state index in [4.69, 9.17) is 11.6 Å². The van der Waals surface area contributed by atoms with Gasteiger partial charge in [-0.3, -0.25) is 9.80 Å². The molecule has 4 aromatic rings. The van der Waals surface area contributed by atoms with Crippen LogP contribution in [-0.2, 0) is 13.0 Å². The van der Waals surface area contributed by atoms with Crippen molar-refractivity contribution in [2.75, 3.05) is 26.2 Å². The number of aromatic nitrogens is 3. The van der Waals surface area contributed by atoms with Crippen LogP contribution in [-0.4, -0.2) is 55.7 Å². The number of benzene rings is 2. The van der Waals surface area contributed by atoms with E-state index in [1.165, 1.54) is 16.9 Å². The molecule has 2 aromatic heterocycles. The van der Waals surface area contributed by atoms with Crippen LogP contribution in [0.2, 0.25) is 5.02 Å². The predicted molar refractivity (Wildman–Crippen MR) is 128 cm³/mol. The Balaban J connectivity index is 1.43. The highest BCUT2D eigenvalue weighted by Gasteiger charge is 2.31. The van der Waals surface area contributed by atoms with Gasteiger partial charge in [0.25, 0.3) is 0 Å². The molecule has 8 heteroatoms. The second-order valence-corrected chi connectivity index (χ2v) is 9.57. The molecule has 32 heavy (non-hydrogen) atoms. The Kier molecular flexibility index (Phi) is 6.15. The van der Waals surface area contributed by atoms with Crippen LogP contribution < -0.4 is 0 Å². The molecule has 0 amide bonds. The van der Waals surface area contributed by atoms with E-state index in [-0.39, 0.29) is 11.9 Å². The van der Waals surface area contributed by atoms with Crippen molar-refractivity contribution >= 4 is 27.9 Å². The van der Waals surface area contributed by atoms with Crippen molar-refractivity contribution in [2.24, 2.45) is 0 Å². The summed E-state index contributed by atoms with van der Waals surface area (Å²) in [5, 5.41) is 16.2. The van der Waals surface area contributed by atoms with Crippen molar-refractivity contribution < 1.29 is 5.11 Å². The molecule has 0 aliphatic carbocycles. The fraction of sp³-hybridized carbons (Fsp3) is 0.333. The lowest BCUT2D eigenvalue weighted by Crippen LogP contribution is -2.47.